The van der Waals surface area contributed by atoms with Gasteiger partial charge in [0.25, 0.3) is 6.71 Å². The van der Waals surface area contributed by atoms with Gasteiger partial charge in [-0.1, -0.05) is 107 Å². The van der Waals surface area contributed by atoms with Crippen LogP contribution in [0, 0.1) is 34.6 Å². The molecule has 0 saturated heterocycles. The summed E-state index contributed by atoms with van der Waals surface area (Å²) < 4.78 is 17.0. The molecule has 2 aliphatic heterocycles. The van der Waals surface area contributed by atoms with Crippen LogP contribution in [0.1, 0.15) is 27.8 Å². The van der Waals surface area contributed by atoms with Crippen LogP contribution in [0.25, 0.3) is 20.2 Å². The van der Waals surface area contributed by atoms with Crippen molar-refractivity contribution >= 4 is 88.7 Å². The Morgan fingerprint density at radius 3 is 1.51 bits per heavy atom. The molecular weight excluding hydrogens is 739 g/mol. The maximum Gasteiger partial charge on any atom is 0.260 e. The van der Waals surface area contributed by atoms with Crippen molar-refractivity contribution in [1.82, 2.24) is 0 Å². The number of hydrogen-bond donors (Lipinski definition) is 0. The zero-order valence-corrected chi connectivity index (χ0v) is 34.5. The van der Waals surface area contributed by atoms with Gasteiger partial charge in [-0.2, -0.15) is 0 Å². The van der Waals surface area contributed by atoms with Gasteiger partial charge < -0.3 is 19.3 Å². The second kappa shape index (κ2) is 13.7. The van der Waals surface area contributed by atoms with Crippen molar-refractivity contribution < 1.29 is 9.47 Å². The number of hydrogen-bond acceptors (Lipinski definition) is 5. The number of aryl methyl sites for hydroxylation is 5. The lowest BCUT2D eigenvalue weighted by Gasteiger charge is -2.37. The van der Waals surface area contributed by atoms with E-state index in [1.54, 1.807) is 0 Å². The molecule has 0 fully saturated rings. The van der Waals surface area contributed by atoms with E-state index in [0.29, 0.717) is 0 Å². The van der Waals surface area contributed by atoms with E-state index in [4.69, 9.17) is 9.47 Å². The van der Waals surface area contributed by atoms with E-state index in [2.05, 4.69) is 202 Å². The molecule has 1 aromatic heterocycles. The van der Waals surface area contributed by atoms with Crippen LogP contribution in [-0.4, -0.2) is 6.71 Å². The lowest BCUT2D eigenvalue weighted by atomic mass is 9.34. The normalized spacial score (nSPS) is 12.4. The van der Waals surface area contributed by atoms with Crippen molar-refractivity contribution in [3.63, 3.8) is 0 Å². The van der Waals surface area contributed by atoms with E-state index >= 15 is 0 Å². The molecule has 0 unspecified atom stereocenters. The summed E-state index contributed by atoms with van der Waals surface area (Å²) in [4.78, 5) is 4.72. The third kappa shape index (κ3) is 5.89. The van der Waals surface area contributed by atoms with Crippen LogP contribution in [0.4, 0.5) is 34.1 Å². The van der Waals surface area contributed by atoms with E-state index in [1.807, 2.05) is 11.3 Å². The van der Waals surface area contributed by atoms with Crippen LogP contribution >= 0.6 is 11.3 Å². The fourth-order valence-electron chi connectivity index (χ4n) is 8.90. The van der Waals surface area contributed by atoms with Crippen molar-refractivity contribution in [2.24, 2.45) is 0 Å². The standard InChI is InChI=1S/C53H41BN2O2S/c1-32-10-19-37(20-11-32)55(38-21-12-33(2)13-22-38)41-29-46-51-47(30-41)58-53-44(54(51)43-28-36(5)18-27-45(43)57-46)31-49-50(42-8-6-7-9-48(42)59-49)52(53)56(39-23-14-34(3)15-24-39)40-25-16-35(4)17-26-40/h6-31H,1-5H3. The first-order valence-corrected chi connectivity index (χ1v) is 21.1. The molecule has 284 valence electrons. The summed E-state index contributed by atoms with van der Waals surface area (Å²) in [6.07, 6.45) is 0. The van der Waals surface area contributed by atoms with Gasteiger partial charge in [-0.3, -0.25) is 0 Å². The molecule has 0 spiro atoms. The fraction of sp³-hybridized carbons (Fsp3) is 0.0943. The van der Waals surface area contributed by atoms with Crippen molar-refractivity contribution in [1.29, 1.82) is 0 Å². The Kier molecular flexibility index (Phi) is 8.21. The van der Waals surface area contributed by atoms with E-state index < -0.39 is 0 Å². The smallest absolute Gasteiger partial charge is 0.260 e. The second-order valence-corrected chi connectivity index (χ2v) is 17.2. The number of fused-ring (bicyclic) bond motifs is 7. The van der Waals surface area contributed by atoms with Crippen molar-refractivity contribution in [2.75, 3.05) is 9.80 Å². The summed E-state index contributed by atoms with van der Waals surface area (Å²) in [5.41, 5.74) is 15.6. The number of ether oxygens (including phenoxy) is 2. The quantitative estimate of drug-likeness (QED) is 0.157. The molecule has 4 nitrogen and oxygen atoms in total. The van der Waals surface area contributed by atoms with Crippen LogP contribution in [0.3, 0.4) is 0 Å². The maximum absolute atomic E-state index is 7.56. The number of nitrogens with zero attached hydrogens (tertiary/aromatic N) is 2. The molecule has 0 N–H and O–H groups in total. The van der Waals surface area contributed by atoms with Gasteiger partial charge in [-0.05, 0) is 112 Å². The highest BCUT2D eigenvalue weighted by molar-refractivity contribution is 7.26. The fourth-order valence-corrected chi connectivity index (χ4v) is 10.1. The van der Waals surface area contributed by atoms with Crippen molar-refractivity contribution in [3.8, 4) is 23.0 Å². The van der Waals surface area contributed by atoms with Gasteiger partial charge in [-0.25, -0.2) is 0 Å². The zero-order chi connectivity index (χ0) is 39.9. The van der Waals surface area contributed by atoms with Gasteiger partial charge in [0, 0.05) is 60.5 Å². The van der Waals surface area contributed by atoms with Crippen LogP contribution in [-0.2, 0) is 0 Å². The Bertz CT molecular complexity index is 3010. The predicted octanol–water partition coefficient (Wildman–Crippen LogP) is 13.3. The Balaban J connectivity index is 1.23. The van der Waals surface area contributed by atoms with E-state index in [9.17, 15) is 0 Å². The molecule has 59 heavy (non-hydrogen) atoms. The molecule has 3 heterocycles. The molecule has 6 heteroatoms. The predicted molar refractivity (Wildman–Crippen MR) is 250 cm³/mol. The largest absolute Gasteiger partial charge is 0.458 e. The molecule has 9 aromatic rings. The summed E-state index contributed by atoms with van der Waals surface area (Å²) in [5, 5.41) is 2.40. The monoisotopic (exact) mass is 780 g/mol. The number of rotatable bonds is 6. The lowest BCUT2D eigenvalue weighted by Crippen LogP contribution is -2.57. The highest BCUT2D eigenvalue weighted by Gasteiger charge is 2.43. The SMILES string of the molecule is Cc1ccc(N(c2ccc(C)cc2)c2cc3c4c(c2)Oc2c(cc5sc6ccccc6c5c2N(c2ccc(C)cc2)c2ccc(C)cc2)B4c2cc(C)ccc2O3)cc1. The summed E-state index contributed by atoms with van der Waals surface area (Å²) in [7, 11) is 0. The molecule has 0 radical (unpaired) electrons. The Morgan fingerprint density at radius 1 is 0.424 bits per heavy atom. The second-order valence-electron chi connectivity index (χ2n) is 16.2. The summed E-state index contributed by atoms with van der Waals surface area (Å²) in [6.45, 7) is 10.6. The molecule has 0 atom stereocenters. The Labute approximate surface area is 349 Å². The zero-order valence-electron chi connectivity index (χ0n) is 33.7. The Morgan fingerprint density at radius 2 is 0.932 bits per heavy atom. The minimum Gasteiger partial charge on any atom is -0.458 e. The topological polar surface area (TPSA) is 24.9 Å². The summed E-state index contributed by atoms with van der Waals surface area (Å²) >= 11 is 1.85. The molecule has 2 aliphatic rings. The van der Waals surface area contributed by atoms with Gasteiger partial charge in [0.1, 0.15) is 23.0 Å². The first kappa shape index (κ1) is 35.4. The molecule has 0 aliphatic carbocycles. The van der Waals surface area contributed by atoms with Crippen molar-refractivity contribution in [2.45, 2.75) is 34.6 Å². The first-order chi connectivity index (χ1) is 28.8. The van der Waals surface area contributed by atoms with Crippen LogP contribution < -0.4 is 35.7 Å². The van der Waals surface area contributed by atoms with E-state index in [-0.39, 0.29) is 6.71 Å². The molecule has 0 bridgehead atoms. The van der Waals surface area contributed by atoms with Crippen molar-refractivity contribution in [3.05, 3.63) is 186 Å². The van der Waals surface area contributed by atoms with Gasteiger partial charge >= 0.3 is 0 Å². The van der Waals surface area contributed by atoms with Gasteiger partial charge in [-0.15, -0.1) is 11.3 Å². The maximum atomic E-state index is 7.56. The van der Waals surface area contributed by atoms with Crippen LogP contribution in [0.2, 0.25) is 0 Å². The number of benzene rings is 8. The summed E-state index contributed by atoms with van der Waals surface area (Å²) in [6, 6.07) is 57.4. The van der Waals surface area contributed by atoms with Gasteiger partial charge in [0.15, 0.2) is 0 Å². The molecule has 0 saturated carbocycles. The van der Waals surface area contributed by atoms with Crippen LogP contribution in [0.5, 0.6) is 23.0 Å². The highest BCUT2D eigenvalue weighted by Crippen LogP contribution is 2.52. The minimum absolute atomic E-state index is 0.125. The van der Waals surface area contributed by atoms with E-state index in [1.165, 1.54) is 48.0 Å². The average molecular weight is 781 g/mol. The average Bonchev–Trinajstić information content (AvgIpc) is 3.62. The lowest BCUT2D eigenvalue weighted by molar-refractivity contribution is 0.465. The molecule has 8 aromatic carbocycles. The van der Waals surface area contributed by atoms with Gasteiger partial charge in [0.05, 0.1) is 11.4 Å². The molecule has 11 rings (SSSR count). The third-order valence-corrected chi connectivity index (χ3v) is 13.0. The number of anilines is 6. The van der Waals surface area contributed by atoms with Gasteiger partial charge in [0.2, 0.25) is 0 Å². The number of thiophene rings is 1. The van der Waals surface area contributed by atoms with E-state index in [0.717, 1.165) is 73.5 Å². The minimum atomic E-state index is -0.125. The van der Waals surface area contributed by atoms with Crippen LogP contribution in [0.15, 0.2) is 158 Å². The summed E-state index contributed by atoms with van der Waals surface area (Å²) in [5.74, 6) is 3.32. The first-order valence-electron chi connectivity index (χ1n) is 20.3. The third-order valence-electron chi connectivity index (χ3n) is 11.9. The molecular formula is C53H41BN2O2S. The molecule has 0 amide bonds. The Hall–Kier alpha value is -6.76. The highest BCUT2D eigenvalue weighted by atomic mass is 32.1.